The smallest absolute Gasteiger partial charge is 0.314 e. The third-order valence-electron chi connectivity index (χ3n) is 3.12. The molecule has 7 heteroatoms. The molecule has 5 nitrogen and oxygen atoms in total. The van der Waals surface area contributed by atoms with Gasteiger partial charge in [0.1, 0.15) is 5.75 Å². The van der Waals surface area contributed by atoms with Crippen LogP contribution in [0.3, 0.4) is 0 Å². The summed E-state index contributed by atoms with van der Waals surface area (Å²) in [6, 6.07) is 0. The molecule has 0 aromatic rings. The Morgan fingerprint density at radius 2 is 2.12 bits per heavy atom. The Hall–Kier alpha value is -0.690. The van der Waals surface area contributed by atoms with Gasteiger partial charge in [0, 0.05) is 0 Å². The lowest BCUT2D eigenvalue weighted by Crippen LogP contribution is -2.52. The average molecular weight is 252 g/mol. The normalized spacial score (nSPS) is 36.9. The van der Waals surface area contributed by atoms with E-state index in [1.807, 2.05) is 0 Å². The van der Waals surface area contributed by atoms with Crippen LogP contribution in [-0.4, -0.2) is 39.0 Å². The predicted octanol–water partition coefficient (Wildman–Crippen LogP) is 0.398. The Balaban J connectivity index is 2.03. The summed E-state index contributed by atoms with van der Waals surface area (Å²) in [6.07, 6.45) is 0.476. The first-order valence-electron chi connectivity index (χ1n) is 5.04. The van der Waals surface area contributed by atoms with Crippen LogP contribution >= 0.6 is 0 Å². The summed E-state index contributed by atoms with van der Waals surface area (Å²) >= 11 is 0. The van der Waals surface area contributed by atoms with E-state index in [4.69, 9.17) is 9.47 Å². The Kier molecular flexibility index (Phi) is 2.50. The molecule has 0 aromatic carbocycles. The van der Waals surface area contributed by atoms with Crippen molar-refractivity contribution in [1.82, 2.24) is 0 Å². The van der Waals surface area contributed by atoms with Crippen LogP contribution in [0.1, 0.15) is 19.8 Å². The molecule has 2 heterocycles. The molecule has 0 amide bonds. The maximum atomic E-state index is 12.6. The van der Waals surface area contributed by atoms with Crippen molar-refractivity contribution in [3.63, 3.8) is 0 Å². The Morgan fingerprint density at radius 1 is 1.50 bits per heavy atom. The quantitative estimate of drug-likeness (QED) is 0.535. The molecule has 0 atom stereocenters. The maximum Gasteiger partial charge on any atom is 0.314 e. The number of hydrogen-bond donors (Lipinski definition) is 0. The molecule has 0 spiro atoms. The van der Waals surface area contributed by atoms with E-state index in [1.54, 1.807) is 6.92 Å². The van der Waals surface area contributed by atoms with Crippen molar-refractivity contribution in [2.45, 2.75) is 25.4 Å². The minimum Gasteiger partial charge on any atom is -0.465 e. The second kappa shape index (κ2) is 3.40. The summed E-state index contributed by atoms with van der Waals surface area (Å²) in [5.74, 6) is -1.04. The third kappa shape index (κ3) is 1.82. The number of carbonyl (C=O) groups excluding carboxylic acids is 1. The molecule has 16 heavy (non-hydrogen) atoms. The monoisotopic (exact) mass is 252 g/mol. The molecule has 0 aromatic heterocycles. The van der Waals surface area contributed by atoms with Gasteiger partial charge in [0.15, 0.2) is 0 Å². The van der Waals surface area contributed by atoms with E-state index in [1.165, 1.54) is 0 Å². The van der Waals surface area contributed by atoms with Crippen LogP contribution in [0.2, 0.25) is 0 Å². The van der Waals surface area contributed by atoms with Crippen molar-refractivity contribution in [1.29, 1.82) is 0 Å². The second-order valence-electron chi connectivity index (χ2n) is 4.51. The molecule has 1 aliphatic carbocycles. The highest BCUT2D eigenvalue weighted by atomic mass is 32.3. The molecule has 1 saturated carbocycles. The van der Waals surface area contributed by atoms with Gasteiger partial charge >= 0.3 is 16.2 Å². The van der Waals surface area contributed by atoms with Gasteiger partial charge in [0.05, 0.1) is 24.2 Å². The highest BCUT2D eigenvalue weighted by molar-refractivity contribution is 7.86. The second-order valence-corrected chi connectivity index (χ2v) is 5.88. The molecule has 3 fully saturated rings. The van der Waals surface area contributed by atoms with Gasteiger partial charge in [-0.05, 0) is 19.8 Å². The molecular weight excluding hydrogens is 239 g/mol. The summed E-state index contributed by atoms with van der Waals surface area (Å²) in [5.41, 5.74) is -1.74. The number of esters is 1. The molecule has 2 saturated heterocycles. The zero-order chi connectivity index (χ0) is 12.0. The minimum atomic E-state index is -4.57. The molecule has 2 bridgehead atoms. The summed E-state index contributed by atoms with van der Waals surface area (Å²) < 4.78 is 43.8. The predicted molar refractivity (Wildman–Crippen MR) is 51.9 cm³/mol. The number of carbonyl (C=O) groups is 1. The zero-order valence-electron chi connectivity index (χ0n) is 8.86. The van der Waals surface area contributed by atoms with E-state index < -0.39 is 27.0 Å². The molecule has 92 valence electrons. The molecule has 2 aliphatic heterocycles. The highest BCUT2D eigenvalue weighted by Crippen LogP contribution is 2.58. The zero-order valence-corrected chi connectivity index (χ0v) is 9.68. The fourth-order valence-corrected chi connectivity index (χ4v) is 3.54. The van der Waals surface area contributed by atoms with Gasteiger partial charge in [-0.25, -0.2) is 0 Å². The van der Waals surface area contributed by atoms with E-state index >= 15 is 0 Å². The van der Waals surface area contributed by atoms with Crippen molar-refractivity contribution in [2.75, 3.05) is 19.0 Å². The van der Waals surface area contributed by atoms with Crippen molar-refractivity contribution in [3.8, 4) is 0 Å². The number of halogens is 1. The highest BCUT2D eigenvalue weighted by Gasteiger charge is 2.68. The molecule has 3 rings (SSSR count). The van der Waals surface area contributed by atoms with E-state index in [2.05, 4.69) is 0 Å². The molecular formula is C9H13FO5S. The SMILES string of the molecule is CCOC(=O)C12COC(CS(=O)(=O)F)(C1)C2. The van der Waals surface area contributed by atoms with Crippen molar-refractivity contribution in [2.24, 2.45) is 5.41 Å². The summed E-state index contributed by atoms with van der Waals surface area (Å²) in [7, 11) is -4.57. The first-order chi connectivity index (χ1) is 7.31. The Labute approximate surface area is 93.1 Å². The van der Waals surface area contributed by atoms with Crippen molar-refractivity contribution >= 4 is 16.2 Å². The molecule has 0 unspecified atom stereocenters. The number of fused-ring (bicyclic) bond motifs is 1. The van der Waals surface area contributed by atoms with Crippen molar-refractivity contribution < 1.29 is 26.6 Å². The summed E-state index contributed by atoms with van der Waals surface area (Å²) in [6.45, 7) is 2.10. The van der Waals surface area contributed by atoms with Crippen LogP contribution in [0.25, 0.3) is 0 Å². The van der Waals surface area contributed by atoms with Gasteiger partial charge in [-0.3, -0.25) is 4.79 Å². The lowest BCUT2D eigenvalue weighted by molar-refractivity contribution is -0.159. The topological polar surface area (TPSA) is 69.7 Å². The van der Waals surface area contributed by atoms with E-state index in [0.717, 1.165) is 0 Å². The number of ether oxygens (including phenoxy) is 2. The summed E-state index contributed by atoms with van der Waals surface area (Å²) in [4.78, 5) is 11.6. The maximum absolute atomic E-state index is 12.6. The average Bonchev–Trinajstić information content (AvgIpc) is 2.56. The Bertz CT molecular complexity index is 410. The first-order valence-corrected chi connectivity index (χ1v) is 6.60. The fraction of sp³-hybridized carbons (Fsp3) is 0.889. The van der Waals surface area contributed by atoms with Crippen LogP contribution in [0.15, 0.2) is 0 Å². The Morgan fingerprint density at radius 3 is 2.62 bits per heavy atom. The number of rotatable bonds is 4. The molecule has 0 N–H and O–H groups in total. The van der Waals surface area contributed by atoms with E-state index in [0.29, 0.717) is 0 Å². The van der Waals surface area contributed by atoms with Gasteiger partial charge < -0.3 is 9.47 Å². The van der Waals surface area contributed by atoms with Crippen LogP contribution in [-0.2, 0) is 24.5 Å². The molecule has 0 radical (unpaired) electrons. The lowest BCUT2D eigenvalue weighted by atomic mass is 9.63. The van der Waals surface area contributed by atoms with E-state index in [9.17, 15) is 17.1 Å². The van der Waals surface area contributed by atoms with Gasteiger partial charge in [0.25, 0.3) is 0 Å². The van der Waals surface area contributed by atoms with Crippen LogP contribution in [0.5, 0.6) is 0 Å². The van der Waals surface area contributed by atoms with Crippen LogP contribution < -0.4 is 0 Å². The first kappa shape index (κ1) is 11.8. The largest absolute Gasteiger partial charge is 0.465 e. The van der Waals surface area contributed by atoms with Crippen molar-refractivity contribution in [3.05, 3.63) is 0 Å². The lowest BCUT2D eigenvalue weighted by Gasteiger charge is -2.41. The van der Waals surface area contributed by atoms with Gasteiger partial charge in [0.2, 0.25) is 0 Å². The third-order valence-corrected chi connectivity index (χ3v) is 3.99. The van der Waals surface area contributed by atoms with Crippen LogP contribution in [0, 0.1) is 5.41 Å². The standard InChI is InChI=1S/C9H13FO5S/c1-2-14-7(11)8-3-9(4-8,15-5-8)6-16(10,12)13/h2-6H2,1H3. The number of hydrogen-bond acceptors (Lipinski definition) is 5. The van der Waals surface area contributed by atoms with Crippen LogP contribution in [0.4, 0.5) is 3.89 Å². The van der Waals surface area contributed by atoms with Gasteiger partial charge in [-0.1, -0.05) is 0 Å². The van der Waals surface area contributed by atoms with E-state index in [-0.39, 0.29) is 32.0 Å². The van der Waals surface area contributed by atoms with Gasteiger partial charge in [-0.15, -0.1) is 3.89 Å². The summed E-state index contributed by atoms with van der Waals surface area (Å²) in [5, 5.41) is 0. The minimum absolute atomic E-state index is 0.126. The molecule has 3 aliphatic rings. The van der Waals surface area contributed by atoms with Gasteiger partial charge in [-0.2, -0.15) is 8.42 Å². The fourth-order valence-electron chi connectivity index (χ4n) is 2.62.